The highest BCUT2D eigenvalue weighted by atomic mass is 16.6. The van der Waals surface area contributed by atoms with Crippen molar-refractivity contribution in [2.45, 2.75) is 44.5 Å². The van der Waals surface area contributed by atoms with Crippen LogP contribution in [0.25, 0.3) is 0 Å². The summed E-state index contributed by atoms with van der Waals surface area (Å²) >= 11 is 0. The van der Waals surface area contributed by atoms with Gasteiger partial charge in [0.05, 0.1) is 11.7 Å². The Balaban J connectivity index is 2.14. The van der Waals surface area contributed by atoms with E-state index in [1.165, 1.54) is 0 Å². The summed E-state index contributed by atoms with van der Waals surface area (Å²) in [6.45, 7) is 9.06. The maximum atomic E-state index is 6.15. The van der Waals surface area contributed by atoms with Crippen molar-refractivity contribution in [1.29, 1.82) is 0 Å². The Kier molecular flexibility index (Phi) is 2.13. The minimum Gasteiger partial charge on any atom is -0.375 e. The minimum absolute atomic E-state index is 0.0553. The molecule has 0 radical (unpaired) electrons. The summed E-state index contributed by atoms with van der Waals surface area (Å²) in [6.07, 6.45) is 1.24. The van der Waals surface area contributed by atoms with Gasteiger partial charge >= 0.3 is 0 Å². The molecule has 2 heterocycles. The lowest BCUT2D eigenvalue weighted by Crippen LogP contribution is -2.60. The van der Waals surface area contributed by atoms with Gasteiger partial charge in [-0.15, -0.1) is 0 Å². The summed E-state index contributed by atoms with van der Waals surface area (Å²) in [5.74, 6) is 0. The lowest BCUT2D eigenvalue weighted by atomic mass is 9.91. The Labute approximate surface area is 79.8 Å². The predicted molar refractivity (Wildman–Crippen MR) is 50.8 cm³/mol. The zero-order valence-corrected chi connectivity index (χ0v) is 8.72. The quantitative estimate of drug-likeness (QED) is 0.609. The summed E-state index contributed by atoms with van der Waals surface area (Å²) in [6, 6.07) is 0. The van der Waals surface area contributed by atoms with Crippen molar-refractivity contribution in [3.8, 4) is 0 Å². The average molecular weight is 185 g/mol. The SMILES string of the molecule is CC1OCCC12CNCC(C)(C)O2. The number of ether oxygens (including phenoxy) is 2. The van der Waals surface area contributed by atoms with Gasteiger partial charge in [0.2, 0.25) is 0 Å². The van der Waals surface area contributed by atoms with Crippen LogP contribution in [0.1, 0.15) is 27.2 Å². The van der Waals surface area contributed by atoms with Crippen LogP contribution in [0.3, 0.4) is 0 Å². The van der Waals surface area contributed by atoms with Crippen LogP contribution in [-0.2, 0) is 9.47 Å². The van der Waals surface area contributed by atoms with Crippen molar-refractivity contribution in [2.24, 2.45) is 0 Å². The second-order valence-electron chi connectivity index (χ2n) is 4.79. The van der Waals surface area contributed by atoms with Crippen molar-refractivity contribution in [1.82, 2.24) is 5.32 Å². The van der Waals surface area contributed by atoms with Gasteiger partial charge < -0.3 is 14.8 Å². The first-order valence-corrected chi connectivity index (χ1v) is 5.07. The molecule has 76 valence electrons. The molecule has 1 spiro atoms. The van der Waals surface area contributed by atoms with Crippen LogP contribution in [-0.4, -0.2) is 37.0 Å². The molecule has 13 heavy (non-hydrogen) atoms. The van der Waals surface area contributed by atoms with Gasteiger partial charge in [-0.05, 0) is 20.8 Å². The molecule has 0 aromatic rings. The van der Waals surface area contributed by atoms with Crippen LogP contribution in [0.2, 0.25) is 0 Å². The summed E-state index contributed by atoms with van der Waals surface area (Å²) < 4.78 is 11.7. The van der Waals surface area contributed by atoms with E-state index in [4.69, 9.17) is 9.47 Å². The molecular formula is C10H19NO2. The monoisotopic (exact) mass is 185 g/mol. The maximum Gasteiger partial charge on any atom is 0.109 e. The molecule has 2 saturated heterocycles. The van der Waals surface area contributed by atoms with Crippen molar-refractivity contribution >= 4 is 0 Å². The van der Waals surface area contributed by atoms with E-state index in [9.17, 15) is 0 Å². The van der Waals surface area contributed by atoms with E-state index in [0.29, 0.717) is 0 Å². The highest BCUT2D eigenvalue weighted by molar-refractivity contribution is 4.99. The molecule has 0 aliphatic carbocycles. The zero-order chi connectivity index (χ0) is 9.53. The van der Waals surface area contributed by atoms with Gasteiger partial charge in [-0.25, -0.2) is 0 Å². The van der Waals surface area contributed by atoms with Crippen molar-refractivity contribution in [2.75, 3.05) is 19.7 Å². The Morgan fingerprint density at radius 2 is 2.08 bits per heavy atom. The Morgan fingerprint density at radius 3 is 2.62 bits per heavy atom. The van der Waals surface area contributed by atoms with Gasteiger partial charge in [0.1, 0.15) is 5.60 Å². The second-order valence-corrected chi connectivity index (χ2v) is 4.79. The van der Waals surface area contributed by atoms with E-state index < -0.39 is 0 Å². The summed E-state index contributed by atoms with van der Waals surface area (Å²) in [7, 11) is 0. The fraction of sp³-hybridized carbons (Fsp3) is 1.00. The van der Waals surface area contributed by atoms with Crippen molar-refractivity contribution in [3.05, 3.63) is 0 Å². The number of hydrogen-bond acceptors (Lipinski definition) is 3. The molecule has 0 bridgehead atoms. The lowest BCUT2D eigenvalue weighted by molar-refractivity contribution is -0.180. The number of hydrogen-bond donors (Lipinski definition) is 1. The second kappa shape index (κ2) is 2.94. The van der Waals surface area contributed by atoms with Gasteiger partial charge in [-0.1, -0.05) is 0 Å². The van der Waals surface area contributed by atoms with Gasteiger partial charge in [0, 0.05) is 26.1 Å². The third kappa shape index (κ3) is 1.60. The maximum absolute atomic E-state index is 6.15. The highest BCUT2D eigenvalue weighted by Crippen LogP contribution is 2.35. The zero-order valence-electron chi connectivity index (χ0n) is 8.72. The minimum atomic E-state index is -0.0677. The van der Waals surface area contributed by atoms with Gasteiger partial charge in [-0.3, -0.25) is 0 Å². The fourth-order valence-electron chi connectivity index (χ4n) is 2.33. The lowest BCUT2D eigenvalue weighted by Gasteiger charge is -2.45. The summed E-state index contributed by atoms with van der Waals surface area (Å²) in [5, 5.41) is 3.43. The Morgan fingerprint density at radius 1 is 1.31 bits per heavy atom. The first-order valence-electron chi connectivity index (χ1n) is 5.07. The van der Waals surface area contributed by atoms with Crippen molar-refractivity contribution < 1.29 is 9.47 Å². The van der Waals surface area contributed by atoms with Gasteiger partial charge in [0.15, 0.2) is 0 Å². The molecule has 2 aliphatic heterocycles. The third-order valence-corrected chi connectivity index (χ3v) is 3.09. The van der Waals surface area contributed by atoms with Gasteiger partial charge in [-0.2, -0.15) is 0 Å². The van der Waals surface area contributed by atoms with Crippen LogP contribution in [0.15, 0.2) is 0 Å². The molecule has 0 amide bonds. The van der Waals surface area contributed by atoms with E-state index in [-0.39, 0.29) is 17.3 Å². The van der Waals surface area contributed by atoms with E-state index in [1.54, 1.807) is 0 Å². The van der Waals surface area contributed by atoms with Crippen LogP contribution in [0, 0.1) is 0 Å². The average Bonchev–Trinajstić information content (AvgIpc) is 2.31. The fourth-order valence-corrected chi connectivity index (χ4v) is 2.33. The number of morpholine rings is 1. The van der Waals surface area contributed by atoms with Crippen LogP contribution in [0.5, 0.6) is 0 Å². The van der Waals surface area contributed by atoms with E-state index >= 15 is 0 Å². The molecule has 3 heteroatoms. The molecule has 0 aromatic carbocycles. The van der Waals surface area contributed by atoms with Crippen molar-refractivity contribution in [3.63, 3.8) is 0 Å². The van der Waals surface area contributed by atoms with Gasteiger partial charge in [0.25, 0.3) is 0 Å². The standard InChI is InChI=1S/C10H19NO2/c1-8-10(4-5-12-8)7-11-6-9(2,3)13-10/h8,11H,4-7H2,1-3H3. The molecule has 2 aliphatic rings. The molecule has 0 aromatic heterocycles. The molecular weight excluding hydrogens is 166 g/mol. The third-order valence-electron chi connectivity index (χ3n) is 3.09. The van der Waals surface area contributed by atoms with E-state index in [2.05, 4.69) is 26.1 Å². The first-order chi connectivity index (χ1) is 6.04. The smallest absolute Gasteiger partial charge is 0.109 e. The molecule has 2 atom stereocenters. The van der Waals surface area contributed by atoms with E-state index in [1.807, 2.05) is 0 Å². The molecule has 1 N–H and O–H groups in total. The highest BCUT2D eigenvalue weighted by Gasteiger charge is 2.48. The molecule has 2 rings (SSSR count). The van der Waals surface area contributed by atoms with E-state index in [0.717, 1.165) is 26.1 Å². The van der Waals surface area contributed by atoms with Crippen LogP contribution >= 0.6 is 0 Å². The Bertz CT molecular complexity index is 205. The van der Waals surface area contributed by atoms with Crippen LogP contribution in [0.4, 0.5) is 0 Å². The molecule has 2 unspecified atom stereocenters. The topological polar surface area (TPSA) is 30.5 Å². The molecule has 0 saturated carbocycles. The summed E-state index contributed by atoms with van der Waals surface area (Å²) in [4.78, 5) is 0. The molecule has 2 fully saturated rings. The first kappa shape index (κ1) is 9.44. The molecule has 3 nitrogen and oxygen atoms in total. The Hall–Kier alpha value is -0.120. The largest absolute Gasteiger partial charge is 0.375 e. The predicted octanol–water partition coefficient (Wildman–Crippen LogP) is 0.932. The normalized spacial score (nSPS) is 44.1. The number of rotatable bonds is 0. The summed E-state index contributed by atoms with van der Waals surface area (Å²) in [5.41, 5.74) is -0.123. The number of nitrogens with one attached hydrogen (secondary N) is 1. The van der Waals surface area contributed by atoms with Crippen LogP contribution < -0.4 is 5.32 Å².